The molecule has 0 aliphatic heterocycles. The van der Waals surface area contributed by atoms with Crippen LogP contribution < -0.4 is 0 Å². The van der Waals surface area contributed by atoms with E-state index in [4.69, 9.17) is 0 Å². The molecule has 0 amide bonds. The molecule has 0 bridgehead atoms. The van der Waals surface area contributed by atoms with E-state index in [9.17, 15) is 4.79 Å². The van der Waals surface area contributed by atoms with Crippen LogP contribution in [0.1, 0.15) is 27.9 Å². The summed E-state index contributed by atoms with van der Waals surface area (Å²) in [5.74, 6) is 0.266. The predicted molar refractivity (Wildman–Crippen MR) is 58.2 cm³/mol. The lowest BCUT2D eigenvalue weighted by Crippen LogP contribution is -2.01. The molecule has 1 heterocycles. The SMILES string of the molecule is O=C1CCc2cc(Cn3ccnn3)ccc21. The Morgan fingerprint density at radius 3 is 3.06 bits per heavy atom. The third kappa shape index (κ3) is 1.52. The van der Waals surface area contributed by atoms with Gasteiger partial charge in [-0.1, -0.05) is 23.4 Å². The summed E-state index contributed by atoms with van der Waals surface area (Å²) in [5, 5.41) is 7.68. The Morgan fingerprint density at radius 1 is 1.31 bits per heavy atom. The Hall–Kier alpha value is -1.97. The van der Waals surface area contributed by atoms with Crippen molar-refractivity contribution in [3.8, 4) is 0 Å². The van der Waals surface area contributed by atoms with E-state index in [1.54, 1.807) is 10.9 Å². The smallest absolute Gasteiger partial charge is 0.163 e. The van der Waals surface area contributed by atoms with Crippen molar-refractivity contribution in [1.29, 1.82) is 0 Å². The first-order chi connectivity index (χ1) is 7.83. The van der Waals surface area contributed by atoms with Gasteiger partial charge >= 0.3 is 0 Å². The molecule has 1 aliphatic rings. The van der Waals surface area contributed by atoms with Crippen LogP contribution in [0.3, 0.4) is 0 Å². The summed E-state index contributed by atoms with van der Waals surface area (Å²) < 4.78 is 1.78. The van der Waals surface area contributed by atoms with Crippen molar-refractivity contribution in [1.82, 2.24) is 15.0 Å². The summed E-state index contributed by atoms with van der Waals surface area (Å²) in [7, 11) is 0. The maximum Gasteiger partial charge on any atom is 0.163 e. The highest BCUT2D eigenvalue weighted by Crippen LogP contribution is 2.23. The van der Waals surface area contributed by atoms with E-state index in [1.807, 2.05) is 18.3 Å². The fraction of sp³-hybridized carbons (Fsp3) is 0.250. The Morgan fingerprint density at radius 2 is 2.25 bits per heavy atom. The van der Waals surface area contributed by atoms with Crippen LogP contribution in [-0.4, -0.2) is 20.8 Å². The molecule has 0 atom stereocenters. The minimum absolute atomic E-state index is 0.266. The average molecular weight is 213 g/mol. The summed E-state index contributed by atoms with van der Waals surface area (Å²) in [6, 6.07) is 6.02. The van der Waals surface area contributed by atoms with Gasteiger partial charge in [0.1, 0.15) is 0 Å². The minimum Gasteiger partial charge on any atom is -0.294 e. The fourth-order valence-corrected chi connectivity index (χ4v) is 2.11. The van der Waals surface area contributed by atoms with Crippen LogP contribution in [0.15, 0.2) is 30.6 Å². The zero-order valence-corrected chi connectivity index (χ0v) is 8.76. The summed E-state index contributed by atoms with van der Waals surface area (Å²) in [5.41, 5.74) is 3.23. The van der Waals surface area contributed by atoms with Gasteiger partial charge in [-0.15, -0.1) is 5.10 Å². The molecule has 80 valence electrons. The lowest BCUT2D eigenvalue weighted by atomic mass is 10.1. The molecule has 0 saturated heterocycles. The number of benzene rings is 1. The second-order valence-corrected chi connectivity index (χ2v) is 4.02. The van der Waals surface area contributed by atoms with Crippen molar-refractivity contribution < 1.29 is 4.79 Å². The third-order valence-electron chi connectivity index (χ3n) is 2.91. The molecule has 16 heavy (non-hydrogen) atoms. The molecule has 0 spiro atoms. The van der Waals surface area contributed by atoms with Crippen LogP contribution in [0, 0.1) is 0 Å². The molecule has 1 aromatic carbocycles. The molecule has 1 aromatic heterocycles. The fourth-order valence-electron chi connectivity index (χ4n) is 2.11. The lowest BCUT2D eigenvalue weighted by molar-refractivity contribution is 0.0994. The van der Waals surface area contributed by atoms with Crippen LogP contribution in [0.2, 0.25) is 0 Å². The summed E-state index contributed by atoms with van der Waals surface area (Å²) >= 11 is 0. The first kappa shape index (κ1) is 9.27. The zero-order chi connectivity index (χ0) is 11.0. The Kier molecular flexibility index (Phi) is 2.06. The van der Waals surface area contributed by atoms with Crippen LogP contribution in [0.4, 0.5) is 0 Å². The number of nitrogens with zero attached hydrogens (tertiary/aromatic N) is 3. The quantitative estimate of drug-likeness (QED) is 0.758. The van der Waals surface area contributed by atoms with Gasteiger partial charge in [0.25, 0.3) is 0 Å². The van der Waals surface area contributed by atoms with Gasteiger partial charge in [-0.3, -0.25) is 4.79 Å². The molecule has 0 unspecified atom stereocenters. The van der Waals surface area contributed by atoms with Gasteiger partial charge in [0.2, 0.25) is 0 Å². The minimum atomic E-state index is 0.266. The molecule has 2 aromatic rings. The Balaban J connectivity index is 1.90. The van der Waals surface area contributed by atoms with Crippen LogP contribution in [0.25, 0.3) is 0 Å². The van der Waals surface area contributed by atoms with E-state index in [2.05, 4.69) is 16.4 Å². The number of Topliss-reactive ketones (excluding diaryl/α,β-unsaturated/α-hetero) is 1. The van der Waals surface area contributed by atoms with E-state index in [0.717, 1.165) is 12.0 Å². The number of fused-ring (bicyclic) bond motifs is 1. The summed E-state index contributed by atoms with van der Waals surface area (Å²) in [6.45, 7) is 0.710. The maximum atomic E-state index is 11.5. The monoisotopic (exact) mass is 213 g/mol. The number of hydrogen-bond donors (Lipinski definition) is 0. The Labute approximate surface area is 92.9 Å². The second-order valence-electron chi connectivity index (χ2n) is 4.02. The van der Waals surface area contributed by atoms with Gasteiger partial charge in [0.15, 0.2) is 5.78 Å². The average Bonchev–Trinajstić information content (AvgIpc) is 2.90. The Bertz CT molecular complexity index is 531. The van der Waals surface area contributed by atoms with Gasteiger partial charge in [0, 0.05) is 18.2 Å². The lowest BCUT2D eigenvalue weighted by Gasteiger charge is -2.03. The van der Waals surface area contributed by atoms with E-state index in [1.165, 1.54) is 11.1 Å². The molecule has 3 rings (SSSR count). The molecule has 4 nitrogen and oxygen atoms in total. The van der Waals surface area contributed by atoms with E-state index in [0.29, 0.717) is 13.0 Å². The predicted octanol–water partition coefficient (Wildman–Crippen LogP) is 1.46. The first-order valence-corrected chi connectivity index (χ1v) is 5.32. The second kappa shape index (κ2) is 3.56. The van der Waals surface area contributed by atoms with Gasteiger partial charge in [-0.25, -0.2) is 4.68 Å². The summed E-state index contributed by atoms with van der Waals surface area (Å²) in [4.78, 5) is 11.5. The van der Waals surface area contributed by atoms with Gasteiger partial charge in [0.05, 0.1) is 12.7 Å². The molecule has 0 fully saturated rings. The number of aryl methyl sites for hydroxylation is 1. The van der Waals surface area contributed by atoms with E-state index < -0.39 is 0 Å². The topological polar surface area (TPSA) is 47.8 Å². The number of aromatic nitrogens is 3. The number of rotatable bonds is 2. The van der Waals surface area contributed by atoms with Crippen molar-refractivity contribution in [3.05, 3.63) is 47.3 Å². The van der Waals surface area contributed by atoms with Crippen molar-refractivity contribution in [2.24, 2.45) is 0 Å². The zero-order valence-electron chi connectivity index (χ0n) is 8.76. The highest BCUT2D eigenvalue weighted by molar-refractivity contribution is 6.00. The largest absolute Gasteiger partial charge is 0.294 e. The van der Waals surface area contributed by atoms with E-state index in [-0.39, 0.29) is 5.78 Å². The molecule has 4 heteroatoms. The van der Waals surface area contributed by atoms with Crippen molar-refractivity contribution in [3.63, 3.8) is 0 Å². The van der Waals surface area contributed by atoms with Crippen LogP contribution in [-0.2, 0) is 13.0 Å². The summed E-state index contributed by atoms with van der Waals surface area (Å²) in [6.07, 6.45) is 5.02. The van der Waals surface area contributed by atoms with Gasteiger partial charge in [-0.2, -0.15) is 0 Å². The third-order valence-corrected chi connectivity index (χ3v) is 2.91. The van der Waals surface area contributed by atoms with Gasteiger partial charge in [-0.05, 0) is 17.5 Å². The standard InChI is InChI=1S/C12H11N3O/c16-12-4-2-10-7-9(1-3-11(10)12)8-15-6-5-13-14-15/h1,3,5-7H,2,4,8H2. The highest BCUT2D eigenvalue weighted by Gasteiger charge is 2.19. The molecule has 0 radical (unpaired) electrons. The van der Waals surface area contributed by atoms with Crippen molar-refractivity contribution in [2.75, 3.05) is 0 Å². The molecule has 1 aliphatic carbocycles. The molecular weight excluding hydrogens is 202 g/mol. The molecular formula is C12H11N3O. The van der Waals surface area contributed by atoms with Crippen LogP contribution in [0.5, 0.6) is 0 Å². The number of carbonyl (C=O) groups excluding carboxylic acids is 1. The normalized spacial score (nSPS) is 14.1. The number of hydrogen-bond acceptors (Lipinski definition) is 3. The van der Waals surface area contributed by atoms with E-state index >= 15 is 0 Å². The first-order valence-electron chi connectivity index (χ1n) is 5.32. The van der Waals surface area contributed by atoms with Crippen molar-refractivity contribution >= 4 is 5.78 Å². The van der Waals surface area contributed by atoms with Crippen molar-refractivity contribution in [2.45, 2.75) is 19.4 Å². The van der Waals surface area contributed by atoms with Gasteiger partial charge < -0.3 is 0 Å². The van der Waals surface area contributed by atoms with Crippen LogP contribution >= 0.6 is 0 Å². The molecule has 0 N–H and O–H groups in total. The number of carbonyl (C=O) groups is 1. The maximum absolute atomic E-state index is 11.5. The molecule has 0 saturated carbocycles. The number of ketones is 1. The highest BCUT2D eigenvalue weighted by atomic mass is 16.1.